The Balaban J connectivity index is 2.67. The molecule has 1 aromatic rings. The van der Waals surface area contributed by atoms with Crippen LogP contribution in [0, 0.1) is 12.8 Å². The second-order valence-electron chi connectivity index (χ2n) is 4.71. The number of anilines is 1. The Kier molecular flexibility index (Phi) is 6.49. The van der Waals surface area contributed by atoms with Crippen molar-refractivity contribution in [3.05, 3.63) is 29.8 Å². The van der Waals surface area contributed by atoms with Crippen molar-refractivity contribution in [2.24, 2.45) is 5.92 Å². The van der Waals surface area contributed by atoms with Crippen molar-refractivity contribution >= 4 is 18.3 Å². The quantitative estimate of drug-likeness (QED) is 0.712. The number of thiol groups is 1. The maximum Gasteiger partial charge on any atom is 0.0366 e. The van der Waals surface area contributed by atoms with Gasteiger partial charge in [0.15, 0.2) is 0 Å². The Morgan fingerprint density at radius 2 is 1.82 bits per heavy atom. The average molecular weight is 251 g/mol. The molecule has 0 fully saturated rings. The van der Waals surface area contributed by atoms with Crippen molar-refractivity contribution < 1.29 is 0 Å². The number of hydrogen-bond acceptors (Lipinski definition) is 2. The van der Waals surface area contributed by atoms with E-state index >= 15 is 0 Å². The first-order valence-electron chi connectivity index (χ1n) is 6.63. The third-order valence-electron chi connectivity index (χ3n) is 3.21. The molecule has 0 bridgehead atoms. The third kappa shape index (κ3) is 4.63. The van der Waals surface area contributed by atoms with Gasteiger partial charge in [0.05, 0.1) is 0 Å². The van der Waals surface area contributed by atoms with E-state index < -0.39 is 0 Å². The van der Waals surface area contributed by atoms with Crippen molar-refractivity contribution in [3.63, 3.8) is 0 Å². The minimum absolute atomic E-state index is 0.699. The minimum atomic E-state index is 0.699. The van der Waals surface area contributed by atoms with Crippen LogP contribution in [0.25, 0.3) is 0 Å². The molecule has 0 amide bonds. The predicted octanol–water partition coefficient (Wildman–Crippen LogP) is 4.17. The molecule has 1 atom stereocenters. The highest BCUT2D eigenvalue weighted by atomic mass is 32.1. The van der Waals surface area contributed by atoms with E-state index in [1.54, 1.807) is 0 Å². The number of nitrogens with zero attached hydrogens (tertiary/aromatic N) is 1. The average Bonchev–Trinajstić information content (AvgIpc) is 2.36. The Morgan fingerprint density at radius 1 is 1.18 bits per heavy atom. The van der Waals surface area contributed by atoms with E-state index in [9.17, 15) is 0 Å². The number of benzene rings is 1. The van der Waals surface area contributed by atoms with Crippen molar-refractivity contribution in [2.75, 3.05) is 23.7 Å². The third-order valence-corrected chi connectivity index (χ3v) is 3.73. The van der Waals surface area contributed by atoms with Gasteiger partial charge in [0, 0.05) is 18.8 Å². The van der Waals surface area contributed by atoms with Crippen LogP contribution < -0.4 is 4.90 Å². The molecule has 2 heteroatoms. The van der Waals surface area contributed by atoms with E-state index in [1.807, 2.05) is 0 Å². The number of rotatable bonds is 7. The SMILES string of the molecule is CCCC(CS)CN(CC)c1ccc(C)cc1. The van der Waals surface area contributed by atoms with Gasteiger partial charge in [-0.2, -0.15) is 12.6 Å². The maximum atomic E-state index is 4.47. The summed E-state index contributed by atoms with van der Waals surface area (Å²) in [5.41, 5.74) is 2.66. The molecule has 0 N–H and O–H groups in total. The lowest BCUT2D eigenvalue weighted by molar-refractivity contribution is 0.524. The van der Waals surface area contributed by atoms with Crippen LogP contribution in [0.3, 0.4) is 0 Å². The molecule has 0 aliphatic rings. The van der Waals surface area contributed by atoms with Gasteiger partial charge in [0.1, 0.15) is 0 Å². The molecule has 1 unspecified atom stereocenters. The summed E-state index contributed by atoms with van der Waals surface area (Å²) >= 11 is 4.47. The van der Waals surface area contributed by atoms with Crippen LogP contribution in [0.5, 0.6) is 0 Å². The fourth-order valence-electron chi connectivity index (χ4n) is 2.13. The van der Waals surface area contributed by atoms with Gasteiger partial charge >= 0.3 is 0 Å². The Labute approximate surface area is 112 Å². The molecule has 96 valence electrons. The van der Waals surface area contributed by atoms with Crippen LogP contribution in [0.1, 0.15) is 32.3 Å². The molecule has 1 aromatic carbocycles. The van der Waals surface area contributed by atoms with Crippen molar-refractivity contribution in [2.45, 2.75) is 33.6 Å². The van der Waals surface area contributed by atoms with Crippen molar-refractivity contribution in [3.8, 4) is 0 Å². The largest absolute Gasteiger partial charge is 0.372 e. The molecular weight excluding hydrogens is 226 g/mol. The summed E-state index contributed by atoms with van der Waals surface area (Å²) in [6.45, 7) is 8.79. The van der Waals surface area contributed by atoms with Crippen LogP contribution in [-0.4, -0.2) is 18.8 Å². The van der Waals surface area contributed by atoms with Crippen molar-refractivity contribution in [1.82, 2.24) is 0 Å². The lowest BCUT2D eigenvalue weighted by atomic mass is 10.0. The molecule has 0 saturated heterocycles. The molecule has 0 heterocycles. The van der Waals surface area contributed by atoms with E-state index in [-0.39, 0.29) is 0 Å². The van der Waals surface area contributed by atoms with Crippen LogP contribution >= 0.6 is 12.6 Å². The van der Waals surface area contributed by atoms with E-state index in [2.05, 4.69) is 62.6 Å². The van der Waals surface area contributed by atoms with Gasteiger partial charge in [-0.1, -0.05) is 31.0 Å². The van der Waals surface area contributed by atoms with Gasteiger partial charge in [-0.05, 0) is 44.1 Å². The maximum absolute atomic E-state index is 4.47. The predicted molar refractivity (Wildman–Crippen MR) is 81.3 cm³/mol. The molecule has 0 spiro atoms. The standard InChI is InChI=1S/C15H25NS/c1-4-6-14(12-17)11-16(5-2)15-9-7-13(3)8-10-15/h7-10,14,17H,4-6,11-12H2,1-3H3. The Hall–Kier alpha value is -0.630. The fourth-order valence-corrected chi connectivity index (χ4v) is 2.43. The van der Waals surface area contributed by atoms with Gasteiger partial charge < -0.3 is 4.90 Å². The molecule has 17 heavy (non-hydrogen) atoms. The summed E-state index contributed by atoms with van der Waals surface area (Å²) < 4.78 is 0. The highest BCUT2D eigenvalue weighted by Crippen LogP contribution is 2.18. The Morgan fingerprint density at radius 3 is 2.29 bits per heavy atom. The molecule has 0 aliphatic carbocycles. The summed E-state index contributed by atoms with van der Waals surface area (Å²) in [6, 6.07) is 8.82. The summed E-state index contributed by atoms with van der Waals surface area (Å²) in [5, 5.41) is 0. The molecule has 1 nitrogen and oxygen atoms in total. The zero-order valence-electron chi connectivity index (χ0n) is 11.3. The van der Waals surface area contributed by atoms with Gasteiger partial charge in [0.2, 0.25) is 0 Å². The first-order valence-corrected chi connectivity index (χ1v) is 7.27. The molecule has 1 rings (SSSR count). The normalized spacial score (nSPS) is 12.5. The topological polar surface area (TPSA) is 3.24 Å². The van der Waals surface area contributed by atoms with Crippen LogP contribution in [0.4, 0.5) is 5.69 Å². The molecule has 0 aliphatic heterocycles. The summed E-state index contributed by atoms with van der Waals surface area (Å²) in [7, 11) is 0. The lowest BCUT2D eigenvalue weighted by Crippen LogP contribution is -2.30. The Bertz CT molecular complexity index is 307. The molecule has 0 saturated carbocycles. The monoisotopic (exact) mass is 251 g/mol. The smallest absolute Gasteiger partial charge is 0.0366 e. The zero-order chi connectivity index (χ0) is 12.7. The van der Waals surface area contributed by atoms with Gasteiger partial charge in [0.25, 0.3) is 0 Å². The fraction of sp³-hybridized carbons (Fsp3) is 0.600. The molecular formula is C15H25NS. The summed E-state index contributed by atoms with van der Waals surface area (Å²) in [4.78, 5) is 2.45. The van der Waals surface area contributed by atoms with E-state index in [0.717, 1.165) is 18.8 Å². The first kappa shape index (κ1) is 14.4. The second kappa shape index (κ2) is 7.65. The van der Waals surface area contributed by atoms with Gasteiger partial charge in [-0.3, -0.25) is 0 Å². The highest BCUT2D eigenvalue weighted by Gasteiger charge is 2.11. The van der Waals surface area contributed by atoms with Gasteiger partial charge in [-0.25, -0.2) is 0 Å². The molecule has 0 aromatic heterocycles. The first-order chi connectivity index (χ1) is 8.21. The zero-order valence-corrected chi connectivity index (χ0v) is 12.2. The van der Waals surface area contributed by atoms with Crippen molar-refractivity contribution in [1.29, 1.82) is 0 Å². The van der Waals surface area contributed by atoms with E-state index in [4.69, 9.17) is 0 Å². The van der Waals surface area contributed by atoms with Crippen LogP contribution in [0.15, 0.2) is 24.3 Å². The van der Waals surface area contributed by atoms with Crippen LogP contribution in [0.2, 0.25) is 0 Å². The lowest BCUT2D eigenvalue weighted by Gasteiger charge is -2.27. The van der Waals surface area contributed by atoms with Crippen LogP contribution in [-0.2, 0) is 0 Å². The van der Waals surface area contributed by atoms with E-state index in [1.165, 1.54) is 24.1 Å². The summed E-state index contributed by atoms with van der Waals surface area (Å²) in [6.07, 6.45) is 2.52. The van der Waals surface area contributed by atoms with Gasteiger partial charge in [-0.15, -0.1) is 0 Å². The summed E-state index contributed by atoms with van der Waals surface area (Å²) in [5.74, 6) is 1.68. The molecule has 0 radical (unpaired) electrons. The highest BCUT2D eigenvalue weighted by molar-refractivity contribution is 7.80. The number of hydrogen-bond donors (Lipinski definition) is 1. The van der Waals surface area contributed by atoms with E-state index in [0.29, 0.717) is 5.92 Å². The minimum Gasteiger partial charge on any atom is -0.372 e. The number of aryl methyl sites for hydroxylation is 1. The second-order valence-corrected chi connectivity index (χ2v) is 5.08.